The molecule has 1 saturated carbocycles. The second-order valence-corrected chi connectivity index (χ2v) is 11.2. The third-order valence-corrected chi connectivity index (χ3v) is 9.24. The van der Waals surface area contributed by atoms with Crippen LogP contribution in [0.25, 0.3) is 0 Å². The average Bonchev–Trinajstić information content (AvgIpc) is 3.29. The highest BCUT2D eigenvalue weighted by Gasteiger charge is 2.67. The smallest absolute Gasteiger partial charge is 0.508 e. The Labute approximate surface area is 233 Å². The number of allylic oxidation sites excluding steroid dienone is 2. The number of alkyl halides is 3. The van der Waals surface area contributed by atoms with E-state index in [0.717, 1.165) is 23.1 Å². The fourth-order valence-electron chi connectivity index (χ4n) is 7.52. The number of nitrogens with zero attached hydrogens (tertiary/aromatic N) is 2. The molecule has 41 heavy (non-hydrogen) atoms. The van der Waals surface area contributed by atoms with E-state index in [0.29, 0.717) is 11.3 Å². The molecule has 1 N–H and O–H groups in total. The van der Waals surface area contributed by atoms with Crippen molar-refractivity contribution < 1.29 is 42.2 Å². The molecule has 0 radical (unpaired) electrons. The Hall–Kier alpha value is -4.15. The topological polar surface area (TPSA) is 104 Å². The zero-order valence-electron chi connectivity index (χ0n) is 22.2. The first kappa shape index (κ1) is 27.0. The summed E-state index contributed by atoms with van der Waals surface area (Å²) in [5.74, 6) is -6.77. The number of aromatic hydroxyl groups is 1. The number of halogens is 3. The molecule has 4 amide bonds. The first-order valence-corrected chi connectivity index (χ1v) is 13.5. The lowest BCUT2D eigenvalue weighted by molar-refractivity contribution is -0.274. The Kier molecular flexibility index (Phi) is 6.06. The van der Waals surface area contributed by atoms with Gasteiger partial charge in [0, 0.05) is 18.0 Å². The van der Waals surface area contributed by atoms with E-state index >= 15 is 0 Å². The van der Waals surface area contributed by atoms with Crippen molar-refractivity contribution >= 4 is 29.3 Å². The van der Waals surface area contributed by atoms with Crippen molar-refractivity contribution in [2.75, 3.05) is 11.4 Å². The van der Waals surface area contributed by atoms with Crippen molar-refractivity contribution in [1.29, 1.82) is 0 Å². The van der Waals surface area contributed by atoms with Gasteiger partial charge >= 0.3 is 6.36 Å². The van der Waals surface area contributed by atoms with E-state index in [1.54, 1.807) is 50.3 Å². The molecule has 3 fully saturated rings. The van der Waals surface area contributed by atoms with Crippen molar-refractivity contribution in [1.82, 2.24) is 4.90 Å². The van der Waals surface area contributed by atoms with Gasteiger partial charge in [-0.1, -0.05) is 29.8 Å². The summed E-state index contributed by atoms with van der Waals surface area (Å²) in [6, 6.07) is 11.4. The number of amides is 4. The highest BCUT2D eigenvalue weighted by atomic mass is 19.4. The van der Waals surface area contributed by atoms with Crippen molar-refractivity contribution in [2.45, 2.75) is 39.0 Å². The van der Waals surface area contributed by atoms with E-state index < -0.39 is 58.9 Å². The number of carbonyl (C=O) groups is 4. The minimum atomic E-state index is -5.00. The van der Waals surface area contributed by atoms with E-state index in [-0.39, 0.29) is 42.5 Å². The number of ether oxygens (including phenoxy) is 1. The molecule has 2 aliphatic carbocycles. The second-order valence-electron chi connectivity index (χ2n) is 11.2. The van der Waals surface area contributed by atoms with Gasteiger partial charge in [0.15, 0.2) is 0 Å². The molecule has 0 spiro atoms. The number of rotatable bonds is 4. The molecule has 0 unspecified atom stereocenters. The van der Waals surface area contributed by atoms with E-state index in [1.807, 2.05) is 0 Å². The standard InChI is InChI=1S/C30H27F3N2O6/c1-3-34-25(37)18-11-10-17-19(23(18)27(34)39)14-21-26(38)35(15-7-5-4-6-8-15)28(40)29(21,2)24(17)20-13-16(9-12-22(20)36)41-30(31,32)33/h4-10,12-13,18-19,21,23-24,36H,3,11,14H2,1-2H3/t18-,19+,21-,23-,24+,29+/m0/s1. The third-order valence-electron chi connectivity index (χ3n) is 9.24. The predicted molar refractivity (Wildman–Crippen MR) is 138 cm³/mol. The number of likely N-dealkylation sites (tertiary alicyclic amines) is 1. The van der Waals surface area contributed by atoms with Gasteiger partial charge in [0.05, 0.1) is 28.9 Å². The van der Waals surface area contributed by atoms with Crippen LogP contribution in [-0.2, 0) is 19.2 Å². The molecule has 11 heteroatoms. The van der Waals surface area contributed by atoms with E-state index in [2.05, 4.69) is 4.74 Å². The molecule has 2 aliphatic heterocycles. The Morgan fingerprint density at radius 1 is 1.00 bits per heavy atom. The Morgan fingerprint density at radius 2 is 1.71 bits per heavy atom. The summed E-state index contributed by atoms with van der Waals surface area (Å²) in [6.45, 7) is 3.47. The molecule has 2 heterocycles. The Balaban J connectivity index is 1.55. The van der Waals surface area contributed by atoms with Crippen LogP contribution >= 0.6 is 0 Å². The highest BCUT2D eigenvalue weighted by molar-refractivity contribution is 6.24. The van der Waals surface area contributed by atoms with Crippen LogP contribution in [0.3, 0.4) is 0 Å². The molecular formula is C30H27F3N2O6. The molecule has 6 atom stereocenters. The number of fused-ring (bicyclic) bond motifs is 4. The van der Waals surface area contributed by atoms with Crippen LogP contribution in [0.2, 0.25) is 0 Å². The van der Waals surface area contributed by atoms with E-state index in [1.165, 1.54) is 4.90 Å². The van der Waals surface area contributed by atoms with Crippen molar-refractivity contribution in [2.24, 2.45) is 29.1 Å². The van der Waals surface area contributed by atoms with Crippen LogP contribution in [-0.4, -0.2) is 46.5 Å². The third kappa shape index (κ3) is 3.88. The molecule has 214 valence electrons. The van der Waals surface area contributed by atoms with Crippen LogP contribution < -0.4 is 9.64 Å². The monoisotopic (exact) mass is 568 g/mol. The van der Waals surface area contributed by atoms with Gasteiger partial charge < -0.3 is 9.84 Å². The van der Waals surface area contributed by atoms with Crippen LogP contribution in [0.4, 0.5) is 18.9 Å². The molecule has 2 saturated heterocycles. The maximum atomic E-state index is 14.3. The zero-order valence-corrected chi connectivity index (χ0v) is 22.2. The van der Waals surface area contributed by atoms with E-state index in [4.69, 9.17) is 0 Å². The van der Waals surface area contributed by atoms with Gasteiger partial charge in [-0.25, -0.2) is 4.90 Å². The molecule has 8 nitrogen and oxygen atoms in total. The SMILES string of the molecule is CCN1C(=O)[C@H]2[C@H](CC=C3[C@H]2C[C@H]2C(=O)N(c4ccccc4)C(=O)[C@@]2(C)[C@H]3c2cc(OC(F)(F)F)ccc2O)C1=O. The highest BCUT2D eigenvalue weighted by Crippen LogP contribution is 2.64. The number of hydrogen-bond donors (Lipinski definition) is 1. The van der Waals surface area contributed by atoms with Crippen LogP contribution in [0, 0.1) is 29.1 Å². The number of phenols is 1. The number of carbonyl (C=O) groups excluding carboxylic acids is 4. The quantitative estimate of drug-likeness (QED) is 0.429. The van der Waals surface area contributed by atoms with Crippen LogP contribution in [0.1, 0.15) is 38.2 Å². The maximum Gasteiger partial charge on any atom is 0.573 e. The second kappa shape index (κ2) is 9.19. The van der Waals surface area contributed by atoms with E-state index in [9.17, 15) is 37.5 Å². The summed E-state index contributed by atoms with van der Waals surface area (Å²) >= 11 is 0. The number of phenolic OH excluding ortho intramolecular Hbond substituents is 1. The largest absolute Gasteiger partial charge is 0.573 e. The molecular weight excluding hydrogens is 541 g/mol. The number of anilines is 1. The summed E-state index contributed by atoms with van der Waals surface area (Å²) in [6.07, 6.45) is -2.94. The summed E-state index contributed by atoms with van der Waals surface area (Å²) in [7, 11) is 0. The van der Waals surface area contributed by atoms with Gasteiger partial charge in [-0.3, -0.25) is 24.1 Å². The van der Waals surface area contributed by atoms with Gasteiger partial charge in [-0.2, -0.15) is 0 Å². The minimum Gasteiger partial charge on any atom is -0.508 e. The average molecular weight is 569 g/mol. The molecule has 0 aromatic heterocycles. The van der Waals surface area contributed by atoms with Crippen molar-refractivity contribution in [3.63, 3.8) is 0 Å². The summed E-state index contributed by atoms with van der Waals surface area (Å²) in [4.78, 5) is 57.1. The van der Waals surface area contributed by atoms with Gasteiger partial charge in [0.25, 0.3) is 0 Å². The summed E-state index contributed by atoms with van der Waals surface area (Å²) in [5.41, 5.74) is -0.630. The molecule has 6 rings (SSSR count). The zero-order chi connectivity index (χ0) is 29.4. The number of benzene rings is 2. The summed E-state index contributed by atoms with van der Waals surface area (Å²) in [5, 5.41) is 11.0. The lowest BCUT2D eigenvalue weighted by Crippen LogP contribution is -2.48. The maximum absolute atomic E-state index is 14.3. The van der Waals surface area contributed by atoms with Crippen LogP contribution in [0.15, 0.2) is 60.2 Å². The normalized spacial score (nSPS) is 31.1. The lowest BCUT2D eigenvalue weighted by atomic mass is 9.51. The first-order chi connectivity index (χ1) is 19.4. The fourth-order valence-corrected chi connectivity index (χ4v) is 7.52. The van der Waals surface area contributed by atoms with Gasteiger partial charge in [-0.05, 0) is 62.9 Å². The number of hydrogen-bond acceptors (Lipinski definition) is 6. The van der Waals surface area contributed by atoms with Gasteiger partial charge in [0.2, 0.25) is 23.6 Å². The minimum absolute atomic E-state index is 0.0196. The lowest BCUT2D eigenvalue weighted by Gasteiger charge is -2.49. The predicted octanol–water partition coefficient (Wildman–Crippen LogP) is 4.54. The van der Waals surface area contributed by atoms with Crippen LogP contribution in [0.5, 0.6) is 11.5 Å². The first-order valence-electron chi connectivity index (χ1n) is 13.5. The summed E-state index contributed by atoms with van der Waals surface area (Å²) < 4.78 is 43.6. The Morgan fingerprint density at radius 3 is 2.37 bits per heavy atom. The van der Waals surface area contributed by atoms with Gasteiger partial charge in [-0.15, -0.1) is 13.2 Å². The number of para-hydroxylation sites is 1. The fraction of sp³-hybridized carbons (Fsp3) is 0.400. The van der Waals surface area contributed by atoms with Gasteiger partial charge in [0.1, 0.15) is 11.5 Å². The molecule has 0 bridgehead atoms. The number of imide groups is 2. The molecule has 2 aromatic carbocycles. The Bertz CT molecular complexity index is 1510. The molecule has 4 aliphatic rings. The van der Waals surface area contributed by atoms with Crippen molar-refractivity contribution in [3.05, 3.63) is 65.7 Å². The molecule has 2 aromatic rings. The van der Waals surface area contributed by atoms with Crippen molar-refractivity contribution in [3.8, 4) is 11.5 Å².